The fraction of sp³-hybridized carbons (Fsp3) is 0.562. The number of amides is 1. The average molecular weight is 377 g/mol. The summed E-state index contributed by atoms with van der Waals surface area (Å²) in [6.45, 7) is 3.42. The van der Waals surface area contributed by atoms with Crippen LogP contribution in [0.3, 0.4) is 0 Å². The molecule has 0 unspecified atom stereocenters. The molecular weight excluding hydrogens is 355 g/mol. The van der Waals surface area contributed by atoms with E-state index < -0.39 is 32.2 Å². The van der Waals surface area contributed by atoms with Gasteiger partial charge in [-0.2, -0.15) is 4.72 Å². The first-order chi connectivity index (χ1) is 11.1. The zero-order chi connectivity index (χ0) is 18.0. The van der Waals surface area contributed by atoms with E-state index in [4.69, 9.17) is 11.6 Å². The van der Waals surface area contributed by atoms with Crippen LogP contribution in [-0.4, -0.2) is 26.4 Å². The number of carbonyl (C=O) groups is 1. The molecule has 134 valence electrons. The maximum Gasteiger partial charge on any atom is 0.244 e. The lowest BCUT2D eigenvalue weighted by Crippen LogP contribution is -2.55. The molecule has 0 radical (unpaired) electrons. The third-order valence-electron chi connectivity index (χ3n) is 4.17. The topological polar surface area (TPSA) is 75.3 Å². The molecule has 8 heteroatoms. The molecule has 0 aromatic heterocycles. The molecule has 1 aliphatic rings. The van der Waals surface area contributed by atoms with Crippen LogP contribution >= 0.6 is 11.6 Å². The van der Waals surface area contributed by atoms with Gasteiger partial charge in [-0.3, -0.25) is 4.79 Å². The van der Waals surface area contributed by atoms with Crippen molar-refractivity contribution in [3.8, 4) is 0 Å². The second-order valence-corrected chi connectivity index (χ2v) is 8.75. The summed E-state index contributed by atoms with van der Waals surface area (Å²) in [5.41, 5.74) is -1.40. The molecule has 0 spiro atoms. The van der Waals surface area contributed by atoms with Gasteiger partial charge >= 0.3 is 0 Å². The van der Waals surface area contributed by atoms with Crippen LogP contribution in [-0.2, 0) is 14.8 Å². The zero-order valence-electron chi connectivity index (χ0n) is 13.7. The molecule has 0 bridgehead atoms. The third-order valence-corrected chi connectivity index (χ3v) is 6.09. The Labute approximate surface area is 147 Å². The van der Waals surface area contributed by atoms with Crippen molar-refractivity contribution in [1.29, 1.82) is 0 Å². The first kappa shape index (κ1) is 19.1. The Morgan fingerprint density at radius 1 is 1.33 bits per heavy atom. The number of nitrogens with one attached hydrogen (secondary N) is 2. The Kier molecular flexibility index (Phi) is 5.88. The summed E-state index contributed by atoms with van der Waals surface area (Å²) in [7, 11) is -4.19. The second kappa shape index (κ2) is 7.37. The Balaban J connectivity index is 2.06. The standard InChI is InChI=1S/C16H22ClFN2O3S/c1-16(2,15(21)19-10-11-5-3-4-6-11)20-24(22,23)14-8-7-12(17)9-13(14)18/h7-9,11,20H,3-6,10H2,1-2H3,(H,19,21). The second-order valence-electron chi connectivity index (χ2n) is 6.67. The minimum atomic E-state index is -4.19. The highest BCUT2D eigenvalue weighted by molar-refractivity contribution is 7.89. The first-order valence-electron chi connectivity index (χ1n) is 7.89. The van der Waals surface area contributed by atoms with Crippen molar-refractivity contribution in [2.75, 3.05) is 6.54 Å². The van der Waals surface area contributed by atoms with Crippen molar-refractivity contribution in [2.45, 2.75) is 50.0 Å². The van der Waals surface area contributed by atoms with Crippen molar-refractivity contribution in [1.82, 2.24) is 10.0 Å². The molecule has 1 fully saturated rings. The van der Waals surface area contributed by atoms with Gasteiger partial charge in [0, 0.05) is 11.6 Å². The van der Waals surface area contributed by atoms with Gasteiger partial charge in [0.05, 0.1) is 0 Å². The number of rotatable bonds is 6. The molecule has 24 heavy (non-hydrogen) atoms. The maximum absolute atomic E-state index is 13.9. The van der Waals surface area contributed by atoms with E-state index in [9.17, 15) is 17.6 Å². The van der Waals surface area contributed by atoms with E-state index in [1.807, 2.05) is 0 Å². The van der Waals surface area contributed by atoms with Crippen molar-refractivity contribution in [2.24, 2.45) is 5.92 Å². The van der Waals surface area contributed by atoms with E-state index in [0.717, 1.165) is 37.8 Å². The summed E-state index contributed by atoms with van der Waals surface area (Å²) in [6, 6.07) is 3.28. The Hall–Kier alpha value is -1.18. The molecule has 0 aliphatic heterocycles. The molecule has 1 aliphatic carbocycles. The zero-order valence-corrected chi connectivity index (χ0v) is 15.3. The van der Waals surface area contributed by atoms with Crippen LogP contribution in [0.15, 0.2) is 23.1 Å². The summed E-state index contributed by atoms with van der Waals surface area (Å²) >= 11 is 5.63. The van der Waals surface area contributed by atoms with Gasteiger partial charge in [0.1, 0.15) is 16.3 Å². The molecule has 1 aromatic carbocycles. The SMILES string of the molecule is CC(C)(NS(=O)(=O)c1ccc(Cl)cc1F)C(=O)NCC1CCCC1. The number of carbonyl (C=O) groups excluding carboxylic acids is 1. The van der Waals surface area contributed by atoms with E-state index in [0.29, 0.717) is 12.5 Å². The fourth-order valence-electron chi connectivity index (χ4n) is 2.80. The van der Waals surface area contributed by atoms with Gasteiger partial charge in [0.15, 0.2) is 0 Å². The van der Waals surface area contributed by atoms with E-state index in [-0.39, 0.29) is 5.02 Å². The number of hydrogen-bond donors (Lipinski definition) is 2. The lowest BCUT2D eigenvalue weighted by molar-refractivity contribution is -0.125. The summed E-state index contributed by atoms with van der Waals surface area (Å²) in [5, 5.41) is 2.88. The smallest absolute Gasteiger partial charge is 0.244 e. The molecule has 0 saturated heterocycles. The Bertz CT molecular complexity index is 716. The summed E-state index contributed by atoms with van der Waals surface area (Å²) in [6.07, 6.45) is 4.46. The molecule has 2 rings (SSSR count). The summed E-state index contributed by atoms with van der Waals surface area (Å²) in [5.74, 6) is -0.959. The van der Waals surface area contributed by atoms with Gasteiger partial charge in [-0.15, -0.1) is 0 Å². The Morgan fingerprint density at radius 2 is 1.96 bits per heavy atom. The highest BCUT2D eigenvalue weighted by Crippen LogP contribution is 2.24. The molecular formula is C16H22ClFN2O3S. The minimum Gasteiger partial charge on any atom is -0.354 e. The number of halogens is 2. The van der Waals surface area contributed by atoms with Gasteiger partial charge in [-0.05, 0) is 50.8 Å². The summed E-state index contributed by atoms with van der Waals surface area (Å²) < 4.78 is 40.9. The molecule has 1 saturated carbocycles. The molecule has 1 aromatic rings. The highest BCUT2D eigenvalue weighted by atomic mass is 35.5. The van der Waals surface area contributed by atoms with Crippen LogP contribution in [0.1, 0.15) is 39.5 Å². The van der Waals surface area contributed by atoms with E-state index in [2.05, 4.69) is 10.0 Å². The predicted octanol–water partition coefficient (Wildman–Crippen LogP) is 2.84. The van der Waals surface area contributed by atoms with Crippen LogP contribution in [0.4, 0.5) is 4.39 Å². The Morgan fingerprint density at radius 3 is 2.54 bits per heavy atom. The van der Waals surface area contributed by atoms with Crippen LogP contribution in [0.5, 0.6) is 0 Å². The van der Waals surface area contributed by atoms with Crippen molar-refractivity contribution < 1.29 is 17.6 Å². The van der Waals surface area contributed by atoms with Gasteiger partial charge in [-0.1, -0.05) is 24.4 Å². The lowest BCUT2D eigenvalue weighted by atomic mass is 10.0. The molecule has 0 heterocycles. The fourth-order valence-corrected chi connectivity index (χ4v) is 4.40. The largest absolute Gasteiger partial charge is 0.354 e. The van der Waals surface area contributed by atoms with Crippen LogP contribution in [0.2, 0.25) is 5.02 Å². The average Bonchev–Trinajstić information content (AvgIpc) is 2.96. The van der Waals surface area contributed by atoms with E-state index >= 15 is 0 Å². The van der Waals surface area contributed by atoms with Gasteiger partial charge in [0.2, 0.25) is 15.9 Å². The normalized spacial score (nSPS) is 16.3. The van der Waals surface area contributed by atoms with E-state index in [1.54, 1.807) is 0 Å². The third kappa shape index (κ3) is 4.68. The van der Waals surface area contributed by atoms with E-state index in [1.165, 1.54) is 19.9 Å². The van der Waals surface area contributed by atoms with Gasteiger partial charge in [0.25, 0.3) is 0 Å². The van der Waals surface area contributed by atoms with Crippen LogP contribution < -0.4 is 10.0 Å². The number of sulfonamides is 1. The molecule has 1 amide bonds. The monoisotopic (exact) mass is 376 g/mol. The predicted molar refractivity (Wildman–Crippen MR) is 90.8 cm³/mol. The minimum absolute atomic E-state index is 0.0972. The van der Waals surface area contributed by atoms with Gasteiger partial charge < -0.3 is 5.32 Å². The van der Waals surface area contributed by atoms with Crippen molar-refractivity contribution >= 4 is 27.5 Å². The maximum atomic E-state index is 13.9. The quantitative estimate of drug-likeness (QED) is 0.801. The number of hydrogen-bond acceptors (Lipinski definition) is 3. The summed E-state index contributed by atoms with van der Waals surface area (Å²) in [4.78, 5) is 11.8. The molecule has 0 atom stereocenters. The lowest BCUT2D eigenvalue weighted by Gasteiger charge is -2.25. The van der Waals surface area contributed by atoms with Crippen molar-refractivity contribution in [3.63, 3.8) is 0 Å². The number of benzene rings is 1. The highest BCUT2D eigenvalue weighted by Gasteiger charge is 2.34. The molecule has 2 N–H and O–H groups in total. The van der Waals surface area contributed by atoms with Gasteiger partial charge in [-0.25, -0.2) is 12.8 Å². The van der Waals surface area contributed by atoms with Crippen molar-refractivity contribution in [3.05, 3.63) is 29.0 Å². The first-order valence-corrected chi connectivity index (χ1v) is 9.75. The van der Waals surface area contributed by atoms with Crippen LogP contribution in [0, 0.1) is 11.7 Å². The molecule has 5 nitrogen and oxygen atoms in total. The van der Waals surface area contributed by atoms with Crippen LogP contribution in [0.25, 0.3) is 0 Å².